The van der Waals surface area contributed by atoms with Crippen LogP contribution in [0, 0.1) is 6.92 Å². The molecule has 1 atom stereocenters. The molecule has 1 rings (SSSR count). The second-order valence-corrected chi connectivity index (χ2v) is 4.87. The Morgan fingerprint density at radius 1 is 1.47 bits per heavy atom. The molecule has 0 saturated heterocycles. The first-order chi connectivity index (χ1) is 7.18. The number of rotatable bonds is 6. The molecule has 0 spiro atoms. The molecule has 0 amide bonds. The summed E-state index contributed by atoms with van der Waals surface area (Å²) in [5.41, 5.74) is 6.88. The lowest BCUT2D eigenvalue weighted by atomic mass is 10.2. The molecular formula is C12H19NOS. The Morgan fingerprint density at radius 2 is 2.27 bits per heavy atom. The van der Waals surface area contributed by atoms with Crippen LogP contribution in [-0.4, -0.2) is 24.2 Å². The standard InChI is InChI=1S/C12H19NOS/c1-10-4-3-5-12(8-10)14-6-7-15-9-11(2)13/h3-5,8,11H,6-7,9,13H2,1-2H3. The highest BCUT2D eigenvalue weighted by Gasteiger charge is 1.96. The zero-order valence-corrected chi connectivity index (χ0v) is 10.2. The van der Waals surface area contributed by atoms with Crippen molar-refractivity contribution < 1.29 is 4.74 Å². The van der Waals surface area contributed by atoms with E-state index in [4.69, 9.17) is 10.5 Å². The van der Waals surface area contributed by atoms with Crippen LogP contribution in [0.5, 0.6) is 5.75 Å². The van der Waals surface area contributed by atoms with Gasteiger partial charge in [-0.1, -0.05) is 12.1 Å². The molecule has 0 bridgehead atoms. The third-order valence-electron chi connectivity index (χ3n) is 1.87. The van der Waals surface area contributed by atoms with Crippen molar-refractivity contribution in [2.75, 3.05) is 18.1 Å². The number of hydrogen-bond donors (Lipinski definition) is 1. The van der Waals surface area contributed by atoms with Gasteiger partial charge in [0.05, 0.1) is 6.61 Å². The van der Waals surface area contributed by atoms with Crippen molar-refractivity contribution in [1.82, 2.24) is 0 Å². The van der Waals surface area contributed by atoms with Gasteiger partial charge in [-0.2, -0.15) is 11.8 Å². The first-order valence-corrected chi connectivity index (χ1v) is 6.37. The lowest BCUT2D eigenvalue weighted by Crippen LogP contribution is -2.18. The number of ether oxygens (including phenoxy) is 1. The van der Waals surface area contributed by atoms with Gasteiger partial charge in [0.2, 0.25) is 0 Å². The van der Waals surface area contributed by atoms with Crippen molar-refractivity contribution in [3.8, 4) is 5.75 Å². The van der Waals surface area contributed by atoms with Crippen LogP contribution < -0.4 is 10.5 Å². The molecule has 2 N–H and O–H groups in total. The van der Waals surface area contributed by atoms with Crippen LogP contribution in [0.2, 0.25) is 0 Å². The van der Waals surface area contributed by atoms with Crippen molar-refractivity contribution in [1.29, 1.82) is 0 Å². The molecular weight excluding hydrogens is 206 g/mol. The number of hydrogen-bond acceptors (Lipinski definition) is 3. The van der Waals surface area contributed by atoms with E-state index in [9.17, 15) is 0 Å². The Bertz CT molecular complexity index is 289. The Kier molecular flexibility index (Phi) is 5.58. The minimum absolute atomic E-state index is 0.272. The highest BCUT2D eigenvalue weighted by Crippen LogP contribution is 2.12. The van der Waals surface area contributed by atoms with Crippen LogP contribution in [0.25, 0.3) is 0 Å². The molecule has 15 heavy (non-hydrogen) atoms. The van der Waals surface area contributed by atoms with Gasteiger partial charge >= 0.3 is 0 Å². The third kappa shape index (κ3) is 5.70. The topological polar surface area (TPSA) is 35.2 Å². The molecule has 1 unspecified atom stereocenters. The van der Waals surface area contributed by atoms with Crippen LogP contribution in [0.3, 0.4) is 0 Å². The molecule has 0 aliphatic rings. The predicted molar refractivity (Wildman–Crippen MR) is 67.6 cm³/mol. The Balaban J connectivity index is 2.15. The lowest BCUT2D eigenvalue weighted by Gasteiger charge is -2.07. The molecule has 1 aromatic carbocycles. The fourth-order valence-electron chi connectivity index (χ4n) is 1.19. The van der Waals surface area contributed by atoms with E-state index in [1.54, 1.807) is 0 Å². The molecule has 1 aromatic rings. The molecule has 2 nitrogen and oxygen atoms in total. The van der Waals surface area contributed by atoms with Crippen LogP contribution in [-0.2, 0) is 0 Å². The summed E-state index contributed by atoms with van der Waals surface area (Å²) in [7, 11) is 0. The quantitative estimate of drug-likeness (QED) is 0.755. The molecule has 0 saturated carbocycles. The highest BCUT2D eigenvalue weighted by molar-refractivity contribution is 7.99. The van der Waals surface area contributed by atoms with Crippen molar-refractivity contribution >= 4 is 11.8 Å². The fraction of sp³-hybridized carbons (Fsp3) is 0.500. The number of benzene rings is 1. The van der Waals surface area contributed by atoms with Crippen LogP contribution in [0.4, 0.5) is 0 Å². The Hall–Kier alpha value is -0.670. The maximum absolute atomic E-state index is 5.64. The van der Waals surface area contributed by atoms with Gasteiger partial charge in [0.15, 0.2) is 0 Å². The molecule has 0 fully saturated rings. The van der Waals surface area contributed by atoms with Gasteiger partial charge in [-0.05, 0) is 31.5 Å². The third-order valence-corrected chi connectivity index (χ3v) is 3.08. The largest absolute Gasteiger partial charge is 0.493 e. The summed E-state index contributed by atoms with van der Waals surface area (Å²) in [5, 5.41) is 0. The average Bonchev–Trinajstić information content (AvgIpc) is 2.17. The summed E-state index contributed by atoms with van der Waals surface area (Å²) in [5.74, 6) is 2.95. The molecule has 0 heterocycles. The van der Waals surface area contributed by atoms with Crippen molar-refractivity contribution in [2.24, 2.45) is 5.73 Å². The van der Waals surface area contributed by atoms with Gasteiger partial charge in [-0.25, -0.2) is 0 Å². The van der Waals surface area contributed by atoms with E-state index in [0.717, 1.165) is 23.9 Å². The Labute approximate surface area is 96.2 Å². The van der Waals surface area contributed by atoms with Gasteiger partial charge in [0.1, 0.15) is 5.75 Å². The van der Waals surface area contributed by atoms with Gasteiger partial charge in [0.25, 0.3) is 0 Å². The van der Waals surface area contributed by atoms with Crippen LogP contribution in [0.15, 0.2) is 24.3 Å². The van der Waals surface area contributed by atoms with E-state index in [0.29, 0.717) is 0 Å². The first kappa shape index (κ1) is 12.4. The maximum Gasteiger partial charge on any atom is 0.119 e. The fourth-order valence-corrected chi connectivity index (χ4v) is 1.93. The summed E-state index contributed by atoms with van der Waals surface area (Å²) in [6, 6.07) is 8.39. The number of aryl methyl sites for hydroxylation is 1. The van der Waals surface area contributed by atoms with Gasteiger partial charge in [0, 0.05) is 17.5 Å². The summed E-state index contributed by atoms with van der Waals surface area (Å²) in [4.78, 5) is 0. The van der Waals surface area contributed by atoms with Gasteiger partial charge in [-0.3, -0.25) is 0 Å². The van der Waals surface area contributed by atoms with Crippen LogP contribution in [0.1, 0.15) is 12.5 Å². The average molecular weight is 225 g/mol. The molecule has 0 aromatic heterocycles. The minimum Gasteiger partial charge on any atom is -0.493 e. The number of nitrogens with two attached hydrogens (primary N) is 1. The van der Waals surface area contributed by atoms with E-state index in [1.807, 2.05) is 30.8 Å². The molecule has 0 aliphatic heterocycles. The normalized spacial score (nSPS) is 12.5. The summed E-state index contributed by atoms with van der Waals surface area (Å²) < 4.78 is 5.61. The molecule has 84 valence electrons. The van der Waals surface area contributed by atoms with Crippen molar-refractivity contribution in [3.63, 3.8) is 0 Å². The summed E-state index contributed by atoms with van der Waals surface area (Å²) in [6.07, 6.45) is 0. The van der Waals surface area contributed by atoms with E-state index >= 15 is 0 Å². The van der Waals surface area contributed by atoms with E-state index in [-0.39, 0.29) is 6.04 Å². The monoisotopic (exact) mass is 225 g/mol. The maximum atomic E-state index is 5.64. The van der Waals surface area contributed by atoms with E-state index < -0.39 is 0 Å². The smallest absolute Gasteiger partial charge is 0.119 e. The Morgan fingerprint density at radius 3 is 2.93 bits per heavy atom. The second-order valence-electron chi connectivity index (χ2n) is 3.72. The summed E-state index contributed by atoms with van der Waals surface area (Å²) in [6.45, 7) is 4.84. The van der Waals surface area contributed by atoms with E-state index in [2.05, 4.69) is 19.1 Å². The van der Waals surface area contributed by atoms with Crippen molar-refractivity contribution in [2.45, 2.75) is 19.9 Å². The summed E-state index contributed by atoms with van der Waals surface area (Å²) >= 11 is 1.83. The SMILES string of the molecule is Cc1cccc(OCCSCC(C)N)c1. The lowest BCUT2D eigenvalue weighted by molar-refractivity contribution is 0.343. The van der Waals surface area contributed by atoms with E-state index in [1.165, 1.54) is 5.56 Å². The second kappa shape index (κ2) is 6.75. The minimum atomic E-state index is 0.272. The molecule has 0 aliphatic carbocycles. The van der Waals surface area contributed by atoms with Gasteiger partial charge < -0.3 is 10.5 Å². The van der Waals surface area contributed by atoms with Gasteiger partial charge in [-0.15, -0.1) is 0 Å². The predicted octanol–water partition coefficient (Wildman–Crippen LogP) is 2.45. The van der Waals surface area contributed by atoms with Crippen molar-refractivity contribution in [3.05, 3.63) is 29.8 Å². The highest BCUT2D eigenvalue weighted by atomic mass is 32.2. The zero-order chi connectivity index (χ0) is 11.1. The molecule has 3 heteroatoms. The van der Waals surface area contributed by atoms with Crippen LogP contribution >= 0.6 is 11.8 Å². The number of thioether (sulfide) groups is 1. The zero-order valence-electron chi connectivity index (χ0n) is 9.40. The first-order valence-electron chi connectivity index (χ1n) is 5.21. The molecule has 0 radical (unpaired) electrons.